The Kier molecular flexibility index (Phi) is 5.14. The summed E-state index contributed by atoms with van der Waals surface area (Å²) in [5, 5.41) is 20.9. The highest BCUT2D eigenvalue weighted by atomic mass is 16.6. The third kappa shape index (κ3) is 3.71. The zero-order valence-corrected chi connectivity index (χ0v) is 12.5. The third-order valence-corrected chi connectivity index (χ3v) is 3.86. The Morgan fingerprint density at radius 1 is 1.48 bits per heavy atom. The van der Waals surface area contributed by atoms with Crippen molar-refractivity contribution in [3.63, 3.8) is 0 Å². The van der Waals surface area contributed by atoms with Crippen LogP contribution in [0.15, 0.2) is 18.2 Å². The van der Waals surface area contributed by atoms with E-state index in [4.69, 9.17) is 4.74 Å². The lowest BCUT2D eigenvalue weighted by molar-refractivity contribution is -0.384. The molecule has 1 N–H and O–H groups in total. The summed E-state index contributed by atoms with van der Waals surface area (Å²) in [5.74, 6) is 0. The Balaban J connectivity index is 2.18. The summed E-state index contributed by atoms with van der Waals surface area (Å²) in [7, 11) is 0. The largest absolute Gasteiger partial charge is 0.389 e. The number of hydrogen-bond acceptors (Lipinski definition) is 5. The Morgan fingerprint density at radius 2 is 2.14 bits per heavy atom. The first-order chi connectivity index (χ1) is 10.0. The molecule has 2 rings (SSSR count). The van der Waals surface area contributed by atoms with E-state index < -0.39 is 6.10 Å². The predicted molar refractivity (Wildman–Crippen MR) is 80.6 cm³/mol. The number of anilines is 1. The van der Waals surface area contributed by atoms with E-state index >= 15 is 0 Å². The van der Waals surface area contributed by atoms with E-state index in [9.17, 15) is 15.2 Å². The Bertz CT molecular complexity index is 496. The van der Waals surface area contributed by atoms with Gasteiger partial charge in [-0.1, -0.05) is 6.07 Å². The Morgan fingerprint density at radius 3 is 2.67 bits per heavy atom. The molecule has 1 aromatic rings. The lowest BCUT2D eigenvalue weighted by Gasteiger charge is -2.33. The molecular formula is C15H22N2O4. The van der Waals surface area contributed by atoms with E-state index in [1.54, 1.807) is 19.1 Å². The average molecular weight is 294 g/mol. The zero-order chi connectivity index (χ0) is 15.4. The van der Waals surface area contributed by atoms with Gasteiger partial charge in [-0.05, 0) is 38.3 Å². The molecule has 0 amide bonds. The molecule has 0 aromatic heterocycles. The maximum absolute atomic E-state index is 11.3. The van der Waals surface area contributed by atoms with E-state index in [2.05, 4.69) is 0 Å². The molecule has 0 aliphatic carbocycles. The molecule has 0 bridgehead atoms. The molecule has 1 heterocycles. The van der Waals surface area contributed by atoms with Crippen molar-refractivity contribution in [2.75, 3.05) is 24.6 Å². The molecule has 1 aliphatic rings. The molecule has 1 aromatic carbocycles. The van der Waals surface area contributed by atoms with E-state index in [0.717, 1.165) is 25.9 Å². The van der Waals surface area contributed by atoms with Crippen LogP contribution >= 0.6 is 0 Å². The fraction of sp³-hybridized carbons (Fsp3) is 0.600. The van der Waals surface area contributed by atoms with Gasteiger partial charge in [0.15, 0.2) is 0 Å². The summed E-state index contributed by atoms with van der Waals surface area (Å²) >= 11 is 0. The van der Waals surface area contributed by atoms with Gasteiger partial charge in [0.25, 0.3) is 5.69 Å². The lowest BCUT2D eigenvalue weighted by atomic mass is 10.0. The van der Waals surface area contributed by atoms with Gasteiger partial charge in [0.2, 0.25) is 0 Å². The van der Waals surface area contributed by atoms with Crippen LogP contribution in [0.2, 0.25) is 0 Å². The van der Waals surface area contributed by atoms with E-state index in [-0.39, 0.29) is 16.7 Å². The molecule has 0 saturated carbocycles. The summed E-state index contributed by atoms with van der Waals surface area (Å²) in [4.78, 5) is 12.9. The van der Waals surface area contributed by atoms with Gasteiger partial charge >= 0.3 is 0 Å². The molecule has 1 aliphatic heterocycles. The van der Waals surface area contributed by atoms with Crippen LogP contribution in [0, 0.1) is 10.1 Å². The first-order valence-corrected chi connectivity index (χ1v) is 7.36. The van der Waals surface area contributed by atoms with Crippen molar-refractivity contribution in [3.05, 3.63) is 33.9 Å². The van der Waals surface area contributed by atoms with Gasteiger partial charge in [0.1, 0.15) is 5.69 Å². The first-order valence-electron chi connectivity index (χ1n) is 7.36. The van der Waals surface area contributed by atoms with Gasteiger partial charge in [-0.3, -0.25) is 10.1 Å². The number of piperidine rings is 1. The van der Waals surface area contributed by atoms with Gasteiger partial charge < -0.3 is 14.7 Å². The van der Waals surface area contributed by atoms with Crippen LogP contribution in [0.1, 0.15) is 38.4 Å². The average Bonchev–Trinajstić information content (AvgIpc) is 2.47. The highest BCUT2D eigenvalue weighted by molar-refractivity contribution is 5.64. The SMILES string of the molecule is CCOC1CCN(c2ccc(C(C)O)cc2[N+](=O)[O-])CC1. The van der Waals surface area contributed by atoms with Crippen LogP contribution in [0.3, 0.4) is 0 Å². The third-order valence-electron chi connectivity index (χ3n) is 3.86. The van der Waals surface area contributed by atoms with Gasteiger partial charge in [-0.15, -0.1) is 0 Å². The van der Waals surface area contributed by atoms with Gasteiger partial charge in [-0.25, -0.2) is 0 Å². The molecule has 1 atom stereocenters. The first kappa shape index (κ1) is 15.7. The molecule has 1 unspecified atom stereocenters. The molecule has 116 valence electrons. The topological polar surface area (TPSA) is 75.8 Å². The predicted octanol–water partition coefficient (Wildman–Crippen LogP) is 2.65. The maximum atomic E-state index is 11.3. The highest BCUT2D eigenvalue weighted by Gasteiger charge is 2.25. The monoisotopic (exact) mass is 294 g/mol. The van der Waals surface area contributed by atoms with Crippen molar-refractivity contribution in [1.29, 1.82) is 0 Å². The minimum atomic E-state index is -0.707. The Hall–Kier alpha value is -1.66. The van der Waals surface area contributed by atoms with Crippen molar-refractivity contribution < 1.29 is 14.8 Å². The number of ether oxygens (including phenoxy) is 1. The fourth-order valence-electron chi connectivity index (χ4n) is 2.71. The van der Waals surface area contributed by atoms with Crippen LogP contribution in [0.25, 0.3) is 0 Å². The molecule has 1 fully saturated rings. The fourth-order valence-corrected chi connectivity index (χ4v) is 2.71. The summed E-state index contributed by atoms with van der Waals surface area (Å²) in [6, 6.07) is 4.96. The van der Waals surface area contributed by atoms with E-state index in [1.165, 1.54) is 6.07 Å². The molecule has 0 spiro atoms. The zero-order valence-electron chi connectivity index (χ0n) is 12.5. The quantitative estimate of drug-likeness (QED) is 0.667. The summed E-state index contributed by atoms with van der Waals surface area (Å²) in [5.41, 5.74) is 1.25. The van der Waals surface area contributed by atoms with Crippen molar-refractivity contribution in [3.8, 4) is 0 Å². The number of hydrogen-bond donors (Lipinski definition) is 1. The standard InChI is InChI=1S/C15H22N2O4/c1-3-21-13-6-8-16(9-7-13)14-5-4-12(11(2)18)10-15(14)17(19)20/h4-5,10-11,13,18H,3,6-9H2,1-2H3. The van der Waals surface area contributed by atoms with E-state index in [1.807, 2.05) is 11.8 Å². The lowest BCUT2D eigenvalue weighted by Crippen LogP contribution is -2.37. The second-order valence-corrected chi connectivity index (χ2v) is 5.32. The van der Waals surface area contributed by atoms with Crippen LogP contribution in [0.5, 0.6) is 0 Å². The number of aliphatic hydroxyl groups is 1. The number of nitro groups is 1. The molecule has 6 nitrogen and oxygen atoms in total. The van der Waals surface area contributed by atoms with Crippen molar-refractivity contribution in [2.24, 2.45) is 0 Å². The second kappa shape index (κ2) is 6.87. The maximum Gasteiger partial charge on any atom is 0.292 e. The number of aliphatic hydroxyl groups excluding tert-OH is 1. The van der Waals surface area contributed by atoms with Crippen LogP contribution < -0.4 is 4.90 Å². The number of benzene rings is 1. The van der Waals surface area contributed by atoms with Crippen LogP contribution in [-0.4, -0.2) is 35.8 Å². The van der Waals surface area contributed by atoms with Crippen LogP contribution in [-0.2, 0) is 4.74 Å². The molecule has 21 heavy (non-hydrogen) atoms. The van der Waals surface area contributed by atoms with E-state index in [0.29, 0.717) is 17.9 Å². The summed E-state index contributed by atoms with van der Waals surface area (Å²) < 4.78 is 5.60. The highest BCUT2D eigenvalue weighted by Crippen LogP contribution is 2.33. The van der Waals surface area contributed by atoms with Gasteiger partial charge in [0.05, 0.1) is 17.1 Å². The molecule has 6 heteroatoms. The normalized spacial score (nSPS) is 17.8. The van der Waals surface area contributed by atoms with Crippen molar-refractivity contribution >= 4 is 11.4 Å². The molecule has 1 saturated heterocycles. The minimum Gasteiger partial charge on any atom is -0.389 e. The molecule has 0 radical (unpaired) electrons. The van der Waals surface area contributed by atoms with Crippen LogP contribution in [0.4, 0.5) is 11.4 Å². The Labute approximate surface area is 124 Å². The van der Waals surface area contributed by atoms with Crippen molar-refractivity contribution in [1.82, 2.24) is 0 Å². The summed E-state index contributed by atoms with van der Waals surface area (Å²) in [6.07, 6.45) is 1.30. The number of rotatable bonds is 5. The van der Waals surface area contributed by atoms with Crippen molar-refractivity contribution in [2.45, 2.75) is 38.9 Å². The van der Waals surface area contributed by atoms with Gasteiger partial charge in [-0.2, -0.15) is 0 Å². The smallest absolute Gasteiger partial charge is 0.292 e. The van der Waals surface area contributed by atoms with Gasteiger partial charge in [0, 0.05) is 25.8 Å². The second-order valence-electron chi connectivity index (χ2n) is 5.32. The minimum absolute atomic E-state index is 0.0586. The summed E-state index contributed by atoms with van der Waals surface area (Å²) in [6.45, 7) is 5.78. The number of nitrogens with zero attached hydrogens (tertiary/aromatic N) is 2. The molecular weight excluding hydrogens is 272 g/mol. The number of nitro benzene ring substituents is 1.